The van der Waals surface area contributed by atoms with Crippen molar-refractivity contribution in [1.29, 1.82) is 0 Å². The second kappa shape index (κ2) is 7.18. The molecule has 0 spiro atoms. The first-order chi connectivity index (χ1) is 8.08. The van der Waals surface area contributed by atoms with Crippen molar-refractivity contribution in [2.45, 2.75) is 13.8 Å². The fourth-order valence-corrected chi connectivity index (χ4v) is 0.992. The van der Waals surface area contributed by atoms with Gasteiger partial charge < -0.3 is 9.57 Å². The molecule has 0 heterocycles. The number of hydrogen-bond donors (Lipinski definition) is 1. The van der Waals surface area contributed by atoms with Gasteiger partial charge in [-0.1, -0.05) is 13.8 Å². The number of carbonyl (C=O) groups excluding carboxylic acids is 1. The molecule has 1 aromatic rings. The predicted molar refractivity (Wildman–Crippen MR) is 60.6 cm³/mol. The number of nitro groups is 1. The molecule has 17 heavy (non-hydrogen) atoms. The SMILES string of the molecule is CC.COc1cc(C(=O)ON)cc([N+](=O)[O-])c1. The number of hydrogen-bond acceptors (Lipinski definition) is 6. The van der Waals surface area contributed by atoms with E-state index in [1.807, 2.05) is 13.8 Å². The van der Waals surface area contributed by atoms with Crippen molar-refractivity contribution in [3.63, 3.8) is 0 Å². The van der Waals surface area contributed by atoms with Gasteiger partial charge in [0.2, 0.25) is 0 Å². The number of carbonyl (C=O) groups is 1. The van der Waals surface area contributed by atoms with E-state index in [1.165, 1.54) is 19.2 Å². The van der Waals surface area contributed by atoms with Crippen LogP contribution in [0, 0.1) is 10.1 Å². The molecule has 7 heteroatoms. The average molecular weight is 242 g/mol. The first-order valence-corrected chi connectivity index (χ1v) is 4.83. The van der Waals surface area contributed by atoms with Crippen LogP contribution in [0.15, 0.2) is 18.2 Å². The van der Waals surface area contributed by atoms with Gasteiger partial charge in [0.1, 0.15) is 5.75 Å². The first kappa shape index (κ1) is 14.8. The summed E-state index contributed by atoms with van der Waals surface area (Å²) in [6.45, 7) is 4.00. The highest BCUT2D eigenvalue weighted by Gasteiger charge is 2.15. The molecule has 1 rings (SSSR count). The molecule has 0 saturated carbocycles. The summed E-state index contributed by atoms with van der Waals surface area (Å²) in [5.41, 5.74) is -0.307. The molecule has 94 valence electrons. The number of methoxy groups -OCH3 is 1. The lowest BCUT2D eigenvalue weighted by Gasteiger charge is -2.02. The van der Waals surface area contributed by atoms with E-state index in [0.717, 1.165) is 6.07 Å². The summed E-state index contributed by atoms with van der Waals surface area (Å²) in [5, 5.41) is 10.5. The zero-order chi connectivity index (χ0) is 13.4. The van der Waals surface area contributed by atoms with Gasteiger partial charge in [0.05, 0.1) is 23.7 Å². The summed E-state index contributed by atoms with van der Waals surface area (Å²) >= 11 is 0. The summed E-state index contributed by atoms with van der Waals surface area (Å²) in [5.74, 6) is 3.98. The van der Waals surface area contributed by atoms with Gasteiger partial charge in [-0.15, -0.1) is 0 Å². The second-order valence-electron chi connectivity index (χ2n) is 2.58. The van der Waals surface area contributed by atoms with Crippen LogP contribution in [0.4, 0.5) is 5.69 Å². The largest absolute Gasteiger partial charge is 0.496 e. The fraction of sp³-hybridized carbons (Fsp3) is 0.300. The van der Waals surface area contributed by atoms with Gasteiger partial charge >= 0.3 is 5.97 Å². The quantitative estimate of drug-likeness (QED) is 0.638. The lowest BCUT2D eigenvalue weighted by Crippen LogP contribution is -2.10. The number of rotatable bonds is 3. The molecule has 0 aromatic heterocycles. The molecule has 0 bridgehead atoms. The Morgan fingerprint density at radius 3 is 2.35 bits per heavy atom. The van der Waals surface area contributed by atoms with Crippen molar-refractivity contribution in [2.24, 2.45) is 5.90 Å². The van der Waals surface area contributed by atoms with Crippen molar-refractivity contribution in [3.8, 4) is 5.75 Å². The summed E-state index contributed by atoms with van der Waals surface area (Å²) in [6.07, 6.45) is 0. The Kier molecular flexibility index (Phi) is 6.27. The van der Waals surface area contributed by atoms with Gasteiger partial charge in [-0.25, -0.2) is 4.79 Å². The predicted octanol–water partition coefficient (Wildman–Crippen LogP) is 1.66. The Bertz CT molecular complexity index is 406. The van der Waals surface area contributed by atoms with Crippen molar-refractivity contribution in [2.75, 3.05) is 7.11 Å². The maximum atomic E-state index is 11.0. The van der Waals surface area contributed by atoms with Crippen molar-refractivity contribution in [1.82, 2.24) is 0 Å². The highest BCUT2D eigenvalue weighted by molar-refractivity contribution is 5.90. The fourth-order valence-electron chi connectivity index (χ4n) is 0.992. The zero-order valence-corrected chi connectivity index (χ0v) is 9.80. The van der Waals surface area contributed by atoms with Crippen LogP contribution in [0.1, 0.15) is 24.2 Å². The summed E-state index contributed by atoms with van der Waals surface area (Å²) in [4.78, 5) is 24.8. The van der Waals surface area contributed by atoms with E-state index in [1.54, 1.807) is 0 Å². The van der Waals surface area contributed by atoms with Gasteiger partial charge in [0.15, 0.2) is 0 Å². The minimum absolute atomic E-state index is 0.0384. The van der Waals surface area contributed by atoms with Crippen LogP contribution in [0.25, 0.3) is 0 Å². The van der Waals surface area contributed by atoms with Crippen LogP contribution in [-0.4, -0.2) is 18.0 Å². The van der Waals surface area contributed by atoms with Gasteiger partial charge in [-0.05, 0) is 6.07 Å². The molecule has 0 unspecified atom stereocenters. The van der Waals surface area contributed by atoms with Crippen LogP contribution >= 0.6 is 0 Å². The Labute approximate surface area is 98.2 Å². The lowest BCUT2D eigenvalue weighted by molar-refractivity contribution is -0.385. The van der Waals surface area contributed by atoms with Gasteiger partial charge in [0, 0.05) is 6.07 Å². The van der Waals surface area contributed by atoms with Crippen LogP contribution in [-0.2, 0) is 4.84 Å². The van der Waals surface area contributed by atoms with E-state index in [2.05, 4.69) is 10.7 Å². The summed E-state index contributed by atoms with van der Waals surface area (Å²) < 4.78 is 4.79. The molecule has 0 saturated heterocycles. The molecule has 0 amide bonds. The average Bonchev–Trinajstić information content (AvgIpc) is 2.39. The number of nitrogens with zero attached hydrogens (tertiary/aromatic N) is 1. The smallest absolute Gasteiger partial charge is 0.356 e. The number of benzene rings is 1. The monoisotopic (exact) mass is 242 g/mol. The maximum absolute atomic E-state index is 11.0. The van der Waals surface area contributed by atoms with Gasteiger partial charge in [0.25, 0.3) is 5.69 Å². The molecule has 2 N–H and O–H groups in total. The summed E-state index contributed by atoms with van der Waals surface area (Å²) in [6, 6.07) is 3.53. The Hall–Kier alpha value is -2.15. The second-order valence-corrected chi connectivity index (χ2v) is 2.58. The third kappa shape index (κ3) is 4.07. The maximum Gasteiger partial charge on any atom is 0.356 e. The molecule has 0 aliphatic carbocycles. The van der Waals surface area contributed by atoms with Crippen LogP contribution < -0.4 is 10.6 Å². The highest BCUT2D eigenvalue weighted by atomic mass is 16.7. The molecule has 0 fully saturated rings. The Balaban J connectivity index is 0.00000121. The highest BCUT2D eigenvalue weighted by Crippen LogP contribution is 2.22. The summed E-state index contributed by atoms with van der Waals surface area (Å²) in [7, 11) is 1.33. The van der Waals surface area contributed by atoms with Crippen LogP contribution in [0.5, 0.6) is 5.75 Å². The van der Waals surface area contributed by atoms with E-state index in [9.17, 15) is 14.9 Å². The van der Waals surface area contributed by atoms with Gasteiger partial charge in [-0.3, -0.25) is 10.1 Å². The topological polar surface area (TPSA) is 105 Å². The Morgan fingerprint density at radius 2 is 1.94 bits per heavy atom. The third-order valence-electron chi connectivity index (χ3n) is 1.68. The molecule has 0 aliphatic rings. The minimum atomic E-state index is -0.864. The Morgan fingerprint density at radius 1 is 1.35 bits per heavy atom. The molecule has 1 aromatic carbocycles. The number of nitro benzene ring substituents is 1. The molecular weight excluding hydrogens is 228 g/mol. The van der Waals surface area contributed by atoms with Crippen molar-refractivity contribution < 1.29 is 19.3 Å². The van der Waals surface area contributed by atoms with E-state index in [-0.39, 0.29) is 17.0 Å². The minimum Gasteiger partial charge on any atom is -0.496 e. The number of nitrogens with two attached hydrogens (primary N) is 1. The van der Waals surface area contributed by atoms with Crippen LogP contribution in [0.2, 0.25) is 0 Å². The molecule has 0 radical (unpaired) electrons. The molecular formula is C10H14N2O5. The van der Waals surface area contributed by atoms with Crippen LogP contribution in [0.3, 0.4) is 0 Å². The standard InChI is InChI=1S/C8H8N2O5.C2H6/c1-14-7-3-5(8(11)15-9)2-6(4-7)10(12)13;1-2/h2-4H,9H2,1H3;1-2H3. The normalized spacial score (nSPS) is 8.71. The van der Waals surface area contributed by atoms with E-state index in [0.29, 0.717) is 0 Å². The zero-order valence-electron chi connectivity index (χ0n) is 9.80. The van der Waals surface area contributed by atoms with E-state index in [4.69, 9.17) is 4.74 Å². The lowest BCUT2D eigenvalue weighted by atomic mass is 10.2. The number of ether oxygens (including phenoxy) is 1. The third-order valence-corrected chi connectivity index (χ3v) is 1.68. The molecule has 7 nitrogen and oxygen atoms in total. The van der Waals surface area contributed by atoms with Crippen molar-refractivity contribution >= 4 is 11.7 Å². The molecule has 0 atom stereocenters. The van der Waals surface area contributed by atoms with Gasteiger partial charge in [-0.2, -0.15) is 5.90 Å². The number of non-ortho nitro benzene ring substituents is 1. The van der Waals surface area contributed by atoms with E-state index >= 15 is 0 Å². The van der Waals surface area contributed by atoms with Crippen molar-refractivity contribution in [3.05, 3.63) is 33.9 Å². The van der Waals surface area contributed by atoms with E-state index < -0.39 is 10.9 Å². The first-order valence-electron chi connectivity index (χ1n) is 4.83. The molecule has 0 aliphatic heterocycles.